The Balaban J connectivity index is 1.22. The van der Waals surface area contributed by atoms with Gasteiger partial charge in [-0.1, -0.05) is 29.8 Å². The molecule has 5 rings (SSSR count). The number of rotatable bonds is 4. The molecule has 0 aromatic heterocycles. The molecular weight excluding hydrogens is 454 g/mol. The molecule has 0 radical (unpaired) electrons. The van der Waals surface area contributed by atoms with Crippen LogP contribution in [0.4, 0.5) is 11.4 Å². The van der Waals surface area contributed by atoms with Gasteiger partial charge >= 0.3 is 0 Å². The van der Waals surface area contributed by atoms with Gasteiger partial charge < -0.3 is 24.6 Å². The third-order valence-corrected chi connectivity index (χ3v) is 6.43. The molecule has 3 aromatic carbocycles. The van der Waals surface area contributed by atoms with Crippen molar-refractivity contribution in [1.82, 2.24) is 4.90 Å². The maximum absolute atomic E-state index is 12.9. The largest absolute Gasteiger partial charge is 0.454 e. The van der Waals surface area contributed by atoms with Crippen molar-refractivity contribution in [3.05, 3.63) is 82.4 Å². The SMILES string of the molecule is Cc1ccccc1C(=O)N1CCN(c2ccc(NC(=O)c3ccc4c(c3)OCO4)cc2Cl)CC1. The summed E-state index contributed by atoms with van der Waals surface area (Å²) in [6.45, 7) is 4.71. The van der Waals surface area contributed by atoms with Gasteiger partial charge in [0.1, 0.15) is 0 Å². The lowest BCUT2D eigenvalue weighted by molar-refractivity contribution is 0.0746. The number of carbonyl (C=O) groups excluding carboxylic acids is 2. The van der Waals surface area contributed by atoms with E-state index in [9.17, 15) is 9.59 Å². The van der Waals surface area contributed by atoms with Crippen LogP contribution < -0.4 is 19.7 Å². The number of amides is 2. The monoisotopic (exact) mass is 477 g/mol. The highest BCUT2D eigenvalue weighted by atomic mass is 35.5. The number of nitrogens with one attached hydrogen (secondary N) is 1. The van der Waals surface area contributed by atoms with E-state index in [2.05, 4.69) is 10.2 Å². The minimum atomic E-state index is -0.259. The van der Waals surface area contributed by atoms with Crippen LogP contribution in [-0.2, 0) is 0 Å². The van der Waals surface area contributed by atoms with Crippen molar-refractivity contribution in [3.8, 4) is 11.5 Å². The van der Waals surface area contributed by atoms with E-state index in [1.54, 1.807) is 24.3 Å². The fraction of sp³-hybridized carbons (Fsp3) is 0.231. The maximum Gasteiger partial charge on any atom is 0.255 e. The van der Waals surface area contributed by atoms with Crippen LogP contribution in [0.25, 0.3) is 0 Å². The molecule has 1 saturated heterocycles. The standard InChI is InChI=1S/C26H24ClN3O4/c1-17-4-2-3-5-20(17)26(32)30-12-10-29(11-13-30)22-8-7-19(15-21(22)27)28-25(31)18-6-9-23-24(14-18)34-16-33-23/h2-9,14-15H,10-13,16H2,1H3,(H,28,31). The van der Waals surface area contributed by atoms with Crippen molar-refractivity contribution in [2.75, 3.05) is 43.2 Å². The fourth-order valence-corrected chi connectivity index (χ4v) is 4.52. The molecule has 0 saturated carbocycles. The van der Waals surface area contributed by atoms with Gasteiger partial charge in [0.2, 0.25) is 6.79 Å². The van der Waals surface area contributed by atoms with Crippen LogP contribution >= 0.6 is 11.6 Å². The molecule has 34 heavy (non-hydrogen) atoms. The van der Waals surface area contributed by atoms with Crippen molar-refractivity contribution < 1.29 is 19.1 Å². The minimum absolute atomic E-state index is 0.0606. The number of hydrogen-bond acceptors (Lipinski definition) is 5. The first-order valence-corrected chi connectivity index (χ1v) is 11.5. The van der Waals surface area contributed by atoms with E-state index in [4.69, 9.17) is 21.1 Å². The number of piperazine rings is 1. The summed E-state index contributed by atoms with van der Waals surface area (Å²) in [5.74, 6) is 0.988. The average Bonchev–Trinajstić information content (AvgIpc) is 3.32. The first-order chi connectivity index (χ1) is 16.5. The number of anilines is 2. The molecule has 2 amide bonds. The summed E-state index contributed by atoms with van der Waals surface area (Å²) >= 11 is 6.57. The number of aryl methyl sites for hydroxylation is 1. The molecule has 174 valence electrons. The van der Waals surface area contributed by atoms with Gasteiger partial charge in [0.25, 0.3) is 11.8 Å². The number of carbonyl (C=O) groups is 2. The second-order valence-electron chi connectivity index (χ2n) is 8.28. The van der Waals surface area contributed by atoms with Crippen molar-refractivity contribution in [3.63, 3.8) is 0 Å². The average molecular weight is 478 g/mol. The molecule has 3 aromatic rings. The third-order valence-electron chi connectivity index (χ3n) is 6.12. The Labute approximate surface area is 202 Å². The summed E-state index contributed by atoms with van der Waals surface area (Å²) in [4.78, 5) is 29.6. The molecule has 0 atom stereocenters. The number of ether oxygens (including phenoxy) is 2. The first-order valence-electron chi connectivity index (χ1n) is 11.1. The van der Waals surface area contributed by atoms with Crippen LogP contribution in [0.5, 0.6) is 11.5 Å². The number of benzene rings is 3. The van der Waals surface area contributed by atoms with E-state index < -0.39 is 0 Å². The van der Waals surface area contributed by atoms with E-state index in [1.807, 2.05) is 48.2 Å². The van der Waals surface area contributed by atoms with Gasteiger partial charge in [-0.2, -0.15) is 0 Å². The zero-order valence-corrected chi connectivity index (χ0v) is 19.5. The van der Waals surface area contributed by atoms with Crippen molar-refractivity contribution in [2.45, 2.75) is 6.92 Å². The summed E-state index contributed by atoms with van der Waals surface area (Å²) in [5, 5.41) is 3.42. The molecule has 2 aliphatic rings. The zero-order chi connectivity index (χ0) is 23.7. The van der Waals surface area contributed by atoms with Crippen LogP contribution in [0, 0.1) is 6.92 Å². The van der Waals surface area contributed by atoms with Gasteiger partial charge in [0.15, 0.2) is 11.5 Å². The quantitative estimate of drug-likeness (QED) is 0.595. The lowest BCUT2D eigenvalue weighted by Crippen LogP contribution is -2.49. The lowest BCUT2D eigenvalue weighted by Gasteiger charge is -2.36. The van der Waals surface area contributed by atoms with Crippen LogP contribution in [0.15, 0.2) is 60.7 Å². The van der Waals surface area contributed by atoms with Gasteiger partial charge in [-0.25, -0.2) is 0 Å². The van der Waals surface area contributed by atoms with Gasteiger partial charge in [0, 0.05) is 43.0 Å². The molecule has 0 unspecified atom stereocenters. The van der Waals surface area contributed by atoms with E-state index in [-0.39, 0.29) is 18.6 Å². The van der Waals surface area contributed by atoms with Gasteiger partial charge in [-0.15, -0.1) is 0 Å². The molecule has 1 fully saturated rings. The Hall–Kier alpha value is -3.71. The predicted octanol–water partition coefficient (Wildman–Crippen LogP) is 4.59. The highest BCUT2D eigenvalue weighted by molar-refractivity contribution is 6.33. The van der Waals surface area contributed by atoms with Crippen molar-refractivity contribution in [2.24, 2.45) is 0 Å². The maximum atomic E-state index is 12.9. The van der Waals surface area contributed by atoms with Crippen molar-refractivity contribution >= 4 is 34.8 Å². The Morgan fingerprint density at radius 2 is 1.68 bits per heavy atom. The second kappa shape index (κ2) is 9.27. The van der Waals surface area contributed by atoms with Gasteiger partial charge in [0.05, 0.1) is 10.7 Å². The number of halogens is 1. The summed E-state index contributed by atoms with van der Waals surface area (Å²) in [6, 6.07) is 18.2. The van der Waals surface area contributed by atoms with Crippen LogP contribution in [0.2, 0.25) is 5.02 Å². The third kappa shape index (κ3) is 4.39. The van der Waals surface area contributed by atoms with Crippen LogP contribution in [-0.4, -0.2) is 49.7 Å². The first kappa shape index (κ1) is 22.1. The van der Waals surface area contributed by atoms with Gasteiger partial charge in [-0.05, 0) is 55.0 Å². The molecule has 7 nitrogen and oxygen atoms in total. The number of nitrogens with zero attached hydrogens (tertiary/aromatic N) is 2. The molecule has 2 heterocycles. The fourth-order valence-electron chi connectivity index (χ4n) is 4.22. The van der Waals surface area contributed by atoms with Crippen LogP contribution in [0.3, 0.4) is 0 Å². The van der Waals surface area contributed by atoms with E-state index in [0.717, 1.165) is 16.8 Å². The number of hydrogen-bond donors (Lipinski definition) is 1. The van der Waals surface area contributed by atoms with Gasteiger partial charge in [-0.3, -0.25) is 9.59 Å². The summed E-state index contributed by atoms with van der Waals surface area (Å²) < 4.78 is 10.6. The normalized spacial score (nSPS) is 14.8. The molecule has 0 aliphatic carbocycles. The number of fused-ring (bicyclic) bond motifs is 1. The van der Waals surface area contributed by atoms with E-state index in [1.165, 1.54) is 0 Å². The summed E-state index contributed by atoms with van der Waals surface area (Å²) in [6.07, 6.45) is 0. The molecular formula is C26H24ClN3O4. The summed E-state index contributed by atoms with van der Waals surface area (Å²) in [7, 11) is 0. The molecule has 8 heteroatoms. The topological polar surface area (TPSA) is 71.1 Å². The highest BCUT2D eigenvalue weighted by Gasteiger charge is 2.24. The minimum Gasteiger partial charge on any atom is -0.454 e. The Morgan fingerprint density at radius 3 is 2.44 bits per heavy atom. The molecule has 1 N–H and O–H groups in total. The Kier molecular flexibility index (Phi) is 6.02. The lowest BCUT2D eigenvalue weighted by atomic mass is 10.1. The highest BCUT2D eigenvalue weighted by Crippen LogP contribution is 2.33. The van der Waals surface area contributed by atoms with Crippen LogP contribution in [0.1, 0.15) is 26.3 Å². The van der Waals surface area contributed by atoms with E-state index in [0.29, 0.717) is 54.0 Å². The Bertz CT molecular complexity index is 1250. The smallest absolute Gasteiger partial charge is 0.255 e. The second-order valence-corrected chi connectivity index (χ2v) is 8.69. The predicted molar refractivity (Wildman–Crippen MR) is 131 cm³/mol. The zero-order valence-electron chi connectivity index (χ0n) is 18.7. The van der Waals surface area contributed by atoms with Crippen molar-refractivity contribution in [1.29, 1.82) is 0 Å². The molecule has 0 spiro atoms. The summed E-state index contributed by atoms with van der Waals surface area (Å²) in [5.41, 5.74) is 3.68. The van der Waals surface area contributed by atoms with E-state index >= 15 is 0 Å². The molecule has 0 bridgehead atoms. The Morgan fingerprint density at radius 1 is 0.912 bits per heavy atom. The molecule has 2 aliphatic heterocycles.